The van der Waals surface area contributed by atoms with Crippen molar-refractivity contribution < 1.29 is 27.1 Å². The third-order valence-corrected chi connectivity index (χ3v) is 2.05. The van der Waals surface area contributed by atoms with E-state index in [1.54, 1.807) is 0 Å². The Bertz CT molecular complexity index is 193. The number of nitrogens with one attached hydrogen (secondary N) is 1. The molecule has 0 fully saturated rings. The topological polar surface area (TPSA) is 45.7 Å². The molecule has 0 aromatic rings. The first-order valence-corrected chi connectivity index (χ1v) is 4.65. The van der Waals surface area contributed by atoms with Gasteiger partial charge in [0.1, 0.15) is 0 Å². The minimum absolute atomic E-state index is 0. The highest BCUT2D eigenvalue weighted by atomic mass is 79.9. The summed E-state index contributed by atoms with van der Waals surface area (Å²) in [6.07, 6.45) is 2.26. The van der Waals surface area contributed by atoms with Gasteiger partial charge < -0.3 is 27.6 Å². The molecule has 0 aromatic heterocycles. The summed E-state index contributed by atoms with van der Waals surface area (Å²) in [5.74, 6) is -0.103. The molecule has 3 N–H and O–H groups in total. The van der Waals surface area contributed by atoms with Gasteiger partial charge in [-0.1, -0.05) is 6.58 Å². The summed E-state index contributed by atoms with van der Waals surface area (Å²) in [5, 5.41) is 5.03. The second-order valence-electron chi connectivity index (χ2n) is 4.09. The van der Waals surface area contributed by atoms with Crippen LogP contribution >= 0.6 is 0 Å². The van der Waals surface area contributed by atoms with Crippen molar-refractivity contribution in [3.05, 3.63) is 12.7 Å². The summed E-state index contributed by atoms with van der Waals surface area (Å²) in [4.78, 5) is 11.1. The van der Waals surface area contributed by atoms with Gasteiger partial charge in [-0.25, -0.2) is 0 Å². The lowest BCUT2D eigenvalue weighted by Gasteiger charge is -2.27. The molecule has 1 atom stereocenters. The van der Waals surface area contributed by atoms with Crippen LogP contribution in [0.1, 0.15) is 27.2 Å². The van der Waals surface area contributed by atoms with Crippen LogP contribution in [-0.4, -0.2) is 24.5 Å². The number of halogens is 1. The predicted molar refractivity (Wildman–Crippen MR) is 54.3 cm³/mol. The highest BCUT2D eigenvalue weighted by Gasteiger charge is 2.22. The molecule has 0 rings (SSSR count). The molecule has 0 saturated heterocycles. The summed E-state index contributed by atoms with van der Waals surface area (Å²) >= 11 is 0. The first-order chi connectivity index (χ1) is 5.91. The van der Waals surface area contributed by atoms with Gasteiger partial charge in [0.15, 0.2) is 0 Å². The summed E-state index contributed by atoms with van der Waals surface area (Å²) < 4.78 is 0. The van der Waals surface area contributed by atoms with Crippen molar-refractivity contribution >= 4 is 5.91 Å². The molecule has 1 unspecified atom stereocenters. The largest absolute Gasteiger partial charge is 1.00 e. The van der Waals surface area contributed by atoms with Crippen molar-refractivity contribution in [2.24, 2.45) is 0 Å². The summed E-state index contributed by atoms with van der Waals surface area (Å²) in [6.45, 7) is 9.61. The van der Waals surface area contributed by atoms with Crippen LogP contribution in [0.5, 0.6) is 0 Å². The van der Waals surface area contributed by atoms with E-state index < -0.39 is 0 Å². The van der Waals surface area contributed by atoms with E-state index in [4.69, 9.17) is 0 Å². The molecule has 4 heteroatoms. The zero-order chi connectivity index (χ0) is 10.5. The van der Waals surface area contributed by atoms with Crippen molar-refractivity contribution in [3.63, 3.8) is 0 Å². The van der Waals surface area contributed by atoms with Crippen LogP contribution in [0.15, 0.2) is 12.7 Å². The molecule has 0 radical (unpaired) electrons. The van der Waals surface area contributed by atoms with Crippen molar-refractivity contribution in [1.29, 1.82) is 0 Å². The highest BCUT2D eigenvalue weighted by molar-refractivity contribution is 5.87. The smallest absolute Gasteiger partial charge is 0.243 e. The standard InChI is InChI=1S/C10H20N2O.BrH/c1-6-9(13)12-10(3,4)7-8(2)11-5;/h6,8,11H,1,7H2,2-5H3,(H,12,13);1H. The Labute approximate surface area is 97.1 Å². The fourth-order valence-corrected chi connectivity index (χ4v) is 1.36. The Balaban J connectivity index is 0. The average Bonchev–Trinajstić information content (AvgIpc) is 2.02. The van der Waals surface area contributed by atoms with Gasteiger partial charge in [0, 0.05) is 12.0 Å². The van der Waals surface area contributed by atoms with Gasteiger partial charge in [0.25, 0.3) is 0 Å². The molecule has 0 aromatic carbocycles. The highest BCUT2D eigenvalue weighted by Crippen LogP contribution is 2.09. The molecular weight excluding hydrogens is 244 g/mol. The fourth-order valence-electron chi connectivity index (χ4n) is 1.36. The zero-order valence-corrected chi connectivity index (χ0v) is 11.0. The lowest BCUT2D eigenvalue weighted by molar-refractivity contribution is -0.661. The second-order valence-corrected chi connectivity index (χ2v) is 4.09. The van der Waals surface area contributed by atoms with E-state index in [1.165, 1.54) is 6.08 Å². The number of rotatable bonds is 5. The van der Waals surface area contributed by atoms with Crippen LogP contribution in [0, 0.1) is 0 Å². The molecule has 0 aliphatic heterocycles. The molecule has 0 aliphatic carbocycles. The van der Waals surface area contributed by atoms with Gasteiger partial charge in [-0.2, -0.15) is 0 Å². The third kappa shape index (κ3) is 7.09. The molecule has 0 aliphatic rings. The van der Waals surface area contributed by atoms with Gasteiger partial charge >= 0.3 is 0 Å². The molecule has 1 amide bonds. The van der Waals surface area contributed by atoms with Crippen LogP contribution in [0.2, 0.25) is 0 Å². The van der Waals surface area contributed by atoms with E-state index in [1.807, 2.05) is 20.9 Å². The van der Waals surface area contributed by atoms with E-state index >= 15 is 0 Å². The van der Waals surface area contributed by atoms with Gasteiger partial charge in [-0.15, -0.1) is 0 Å². The quantitative estimate of drug-likeness (QED) is 0.513. The average molecular weight is 265 g/mol. The number of amides is 1. The lowest BCUT2D eigenvalue weighted by atomic mass is 9.96. The van der Waals surface area contributed by atoms with Gasteiger partial charge in [-0.3, -0.25) is 4.79 Å². The number of hydrogen-bond acceptors (Lipinski definition) is 1. The number of nitrogens with two attached hydrogens (primary N) is 1. The van der Waals surface area contributed by atoms with Gasteiger partial charge in [0.05, 0.1) is 13.1 Å². The van der Waals surface area contributed by atoms with Crippen LogP contribution in [-0.2, 0) is 4.79 Å². The van der Waals surface area contributed by atoms with Gasteiger partial charge in [-0.05, 0) is 26.8 Å². The molecule has 14 heavy (non-hydrogen) atoms. The summed E-state index contributed by atoms with van der Waals surface area (Å²) in [5.41, 5.74) is -0.156. The Kier molecular flexibility index (Phi) is 8.06. The normalized spacial score (nSPS) is 12.6. The molecule has 0 spiro atoms. The van der Waals surface area contributed by atoms with Crippen molar-refractivity contribution in [2.45, 2.75) is 38.8 Å². The molecule has 0 bridgehead atoms. The third-order valence-electron chi connectivity index (χ3n) is 2.05. The predicted octanol–water partition coefficient (Wildman–Crippen LogP) is -2.96. The van der Waals surface area contributed by atoms with Crippen LogP contribution < -0.4 is 27.6 Å². The molecule has 84 valence electrons. The van der Waals surface area contributed by atoms with Crippen LogP contribution in [0.3, 0.4) is 0 Å². The van der Waals surface area contributed by atoms with Crippen molar-refractivity contribution in [2.75, 3.05) is 7.05 Å². The summed E-state index contributed by atoms with van der Waals surface area (Å²) in [6, 6.07) is 0.514. The lowest BCUT2D eigenvalue weighted by Crippen LogP contribution is -3.00. The van der Waals surface area contributed by atoms with E-state index in [2.05, 4.69) is 24.1 Å². The second kappa shape index (κ2) is 7.01. The Morgan fingerprint density at radius 3 is 2.50 bits per heavy atom. The minimum Gasteiger partial charge on any atom is -1.00 e. The van der Waals surface area contributed by atoms with Crippen LogP contribution in [0.25, 0.3) is 0 Å². The zero-order valence-electron chi connectivity index (χ0n) is 9.43. The first kappa shape index (κ1) is 16.1. The van der Waals surface area contributed by atoms with Crippen molar-refractivity contribution in [1.82, 2.24) is 5.32 Å². The SMILES string of the molecule is C=CC(=O)NC(C)(C)CC(C)[NH2+]C.[Br-]. The Hall–Kier alpha value is -0.350. The Morgan fingerprint density at radius 2 is 2.14 bits per heavy atom. The Morgan fingerprint density at radius 1 is 1.64 bits per heavy atom. The maximum absolute atomic E-state index is 11.1. The molecule has 3 nitrogen and oxygen atoms in total. The minimum atomic E-state index is -0.156. The van der Waals surface area contributed by atoms with Crippen LogP contribution in [0.4, 0.5) is 0 Å². The molecule has 0 saturated carbocycles. The monoisotopic (exact) mass is 264 g/mol. The van der Waals surface area contributed by atoms with E-state index in [0.29, 0.717) is 6.04 Å². The number of hydrogen-bond donors (Lipinski definition) is 2. The van der Waals surface area contributed by atoms with Gasteiger partial charge in [0.2, 0.25) is 5.91 Å². The summed E-state index contributed by atoms with van der Waals surface area (Å²) in [7, 11) is 2.04. The first-order valence-electron chi connectivity index (χ1n) is 4.65. The van der Waals surface area contributed by atoms with E-state index in [9.17, 15) is 4.79 Å². The molecular formula is C10H21BrN2O. The fraction of sp³-hybridized carbons (Fsp3) is 0.700. The molecule has 0 heterocycles. The van der Waals surface area contributed by atoms with E-state index in [0.717, 1.165) is 6.42 Å². The number of quaternary nitrogens is 1. The maximum atomic E-state index is 11.1. The number of carbonyl (C=O) groups excluding carboxylic acids is 1. The van der Waals surface area contributed by atoms with E-state index in [-0.39, 0.29) is 28.4 Å². The number of carbonyl (C=O) groups is 1. The maximum Gasteiger partial charge on any atom is 0.243 e. The van der Waals surface area contributed by atoms with Crippen molar-refractivity contribution in [3.8, 4) is 0 Å².